The first-order chi connectivity index (χ1) is 14.5. The lowest BCUT2D eigenvalue weighted by Crippen LogP contribution is -2.41. The highest BCUT2D eigenvalue weighted by atomic mass is 35.5. The number of carbonyl (C=O) groups excluding carboxylic acids is 2. The lowest BCUT2D eigenvalue weighted by atomic mass is 10.1. The van der Waals surface area contributed by atoms with Crippen molar-refractivity contribution in [1.29, 1.82) is 0 Å². The van der Waals surface area contributed by atoms with Crippen LogP contribution in [0.2, 0.25) is 5.02 Å². The predicted octanol–water partition coefficient (Wildman–Crippen LogP) is 4.73. The van der Waals surface area contributed by atoms with Crippen LogP contribution in [0.1, 0.15) is 22.0 Å². The van der Waals surface area contributed by atoms with E-state index in [1.165, 1.54) is 0 Å². The molecule has 0 fully saturated rings. The van der Waals surface area contributed by atoms with Crippen LogP contribution in [0, 0.1) is 0 Å². The highest BCUT2D eigenvalue weighted by molar-refractivity contribution is 7.99. The van der Waals surface area contributed by atoms with Gasteiger partial charge in [-0.2, -0.15) is 0 Å². The Morgan fingerprint density at radius 1 is 1.07 bits per heavy atom. The molecule has 0 aliphatic carbocycles. The Morgan fingerprint density at radius 3 is 2.53 bits per heavy atom. The Labute approximate surface area is 184 Å². The van der Waals surface area contributed by atoms with Crippen LogP contribution in [0.3, 0.4) is 0 Å². The van der Waals surface area contributed by atoms with Crippen molar-refractivity contribution < 1.29 is 9.59 Å². The second-order valence-electron chi connectivity index (χ2n) is 6.88. The van der Waals surface area contributed by atoms with Crippen LogP contribution < -0.4 is 16.0 Å². The molecular formula is C23H20ClN3O2S. The van der Waals surface area contributed by atoms with Crippen LogP contribution in [0.15, 0.2) is 77.7 Å². The molecule has 7 heteroatoms. The maximum Gasteiger partial charge on any atom is 0.250 e. The molecule has 5 nitrogen and oxygen atoms in total. The summed E-state index contributed by atoms with van der Waals surface area (Å²) in [5.74, 6) is 0.147. The third kappa shape index (κ3) is 4.15. The minimum atomic E-state index is -0.587. The van der Waals surface area contributed by atoms with Crippen molar-refractivity contribution in [3.8, 4) is 0 Å². The van der Waals surface area contributed by atoms with E-state index in [-0.39, 0.29) is 29.1 Å². The van der Waals surface area contributed by atoms with Gasteiger partial charge in [-0.3, -0.25) is 9.59 Å². The van der Waals surface area contributed by atoms with E-state index in [1.807, 2.05) is 47.4 Å². The van der Waals surface area contributed by atoms with Gasteiger partial charge in [0, 0.05) is 16.3 Å². The quantitative estimate of drug-likeness (QED) is 0.605. The Hall–Kier alpha value is -2.96. The fraction of sp³-hybridized carbons (Fsp3) is 0.130. The largest absolute Gasteiger partial charge is 0.376 e. The molecule has 0 radical (unpaired) electrons. The third-order valence-electron chi connectivity index (χ3n) is 4.96. The van der Waals surface area contributed by atoms with Gasteiger partial charge in [-0.05, 0) is 35.9 Å². The van der Waals surface area contributed by atoms with E-state index in [9.17, 15) is 9.59 Å². The number of para-hydroxylation sites is 1. The summed E-state index contributed by atoms with van der Waals surface area (Å²) in [6.45, 7) is 0.0918. The smallest absolute Gasteiger partial charge is 0.250 e. The summed E-state index contributed by atoms with van der Waals surface area (Å²) in [5.41, 5.74) is 8.20. The number of rotatable bonds is 5. The first-order valence-corrected chi connectivity index (χ1v) is 10.8. The van der Waals surface area contributed by atoms with Gasteiger partial charge >= 0.3 is 0 Å². The van der Waals surface area contributed by atoms with Gasteiger partial charge in [0.05, 0.1) is 28.9 Å². The number of hydrogen-bond acceptors (Lipinski definition) is 4. The summed E-state index contributed by atoms with van der Waals surface area (Å²) in [4.78, 5) is 27.6. The van der Waals surface area contributed by atoms with E-state index in [0.717, 1.165) is 21.9 Å². The molecule has 0 aromatic heterocycles. The molecule has 30 heavy (non-hydrogen) atoms. The van der Waals surface area contributed by atoms with E-state index in [4.69, 9.17) is 17.3 Å². The summed E-state index contributed by atoms with van der Waals surface area (Å²) in [6.07, 6.45) is 0. The van der Waals surface area contributed by atoms with Crippen LogP contribution >= 0.6 is 23.4 Å². The van der Waals surface area contributed by atoms with Crippen LogP contribution in [0.4, 0.5) is 11.4 Å². The molecule has 0 bridgehead atoms. The highest BCUT2D eigenvalue weighted by Gasteiger charge is 2.32. The van der Waals surface area contributed by atoms with Gasteiger partial charge in [0.1, 0.15) is 0 Å². The molecule has 0 spiro atoms. The van der Waals surface area contributed by atoms with Crippen molar-refractivity contribution in [2.24, 2.45) is 5.73 Å². The number of nitrogens with one attached hydrogen (secondary N) is 1. The predicted molar refractivity (Wildman–Crippen MR) is 122 cm³/mol. The Balaban J connectivity index is 1.58. The average molecular weight is 438 g/mol. The Bertz CT molecular complexity index is 1090. The van der Waals surface area contributed by atoms with Crippen LogP contribution in [0.5, 0.6) is 0 Å². The molecular weight excluding hydrogens is 418 g/mol. The number of hydrogen-bond donors (Lipinski definition) is 2. The number of thioether (sulfide) groups is 1. The number of nitrogens with two attached hydrogens (primary N) is 1. The summed E-state index contributed by atoms with van der Waals surface area (Å²) in [5, 5.41) is 3.37. The minimum Gasteiger partial charge on any atom is -0.376 e. The molecule has 1 aliphatic heterocycles. The number of nitrogens with zero attached hydrogens (tertiary/aromatic N) is 1. The monoisotopic (exact) mass is 437 g/mol. The molecule has 4 rings (SSSR count). The highest BCUT2D eigenvalue weighted by Crippen LogP contribution is 2.43. The number of primary amides is 1. The van der Waals surface area contributed by atoms with Crippen molar-refractivity contribution in [1.82, 2.24) is 0 Å². The topological polar surface area (TPSA) is 75.4 Å². The molecule has 0 saturated carbocycles. The van der Waals surface area contributed by atoms with Crippen LogP contribution in [-0.2, 0) is 4.79 Å². The lowest BCUT2D eigenvalue weighted by Gasteiger charge is -2.37. The van der Waals surface area contributed by atoms with Crippen LogP contribution in [-0.4, -0.2) is 24.1 Å². The summed E-state index contributed by atoms with van der Waals surface area (Å²) in [6, 6.07) is 22.8. The van der Waals surface area contributed by atoms with Gasteiger partial charge < -0.3 is 16.0 Å². The van der Waals surface area contributed by atoms with Crippen molar-refractivity contribution >= 4 is 46.6 Å². The molecule has 3 aromatic carbocycles. The third-order valence-corrected chi connectivity index (χ3v) is 6.42. The number of carbonyl (C=O) groups is 2. The molecule has 1 atom stereocenters. The van der Waals surface area contributed by atoms with Gasteiger partial charge in [0.15, 0.2) is 0 Å². The molecule has 2 amide bonds. The average Bonchev–Trinajstić information content (AvgIpc) is 2.77. The molecule has 1 aliphatic rings. The summed E-state index contributed by atoms with van der Waals surface area (Å²) in [7, 11) is 0. The van der Waals surface area contributed by atoms with E-state index in [0.29, 0.717) is 5.69 Å². The second kappa shape index (κ2) is 8.81. The van der Waals surface area contributed by atoms with Crippen molar-refractivity contribution in [2.75, 3.05) is 22.5 Å². The fourth-order valence-corrected chi connectivity index (χ4v) is 4.95. The first kappa shape index (κ1) is 20.3. The number of benzene rings is 3. The number of amides is 2. The van der Waals surface area contributed by atoms with E-state index in [1.54, 1.807) is 30.0 Å². The molecule has 152 valence electrons. The number of halogens is 1. The van der Waals surface area contributed by atoms with Gasteiger partial charge in [-0.1, -0.05) is 54.1 Å². The van der Waals surface area contributed by atoms with Gasteiger partial charge in [0.2, 0.25) is 11.8 Å². The van der Waals surface area contributed by atoms with E-state index < -0.39 is 5.91 Å². The van der Waals surface area contributed by atoms with Crippen LogP contribution in [0.25, 0.3) is 0 Å². The zero-order valence-corrected chi connectivity index (χ0v) is 17.6. The Kier molecular flexibility index (Phi) is 5.97. The maximum atomic E-state index is 13.3. The number of anilines is 2. The maximum absolute atomic E-state index is 13.3. The SMILES string of the molecule is NC(=O)c1ccc(NCC(=O)N2c3ccccc3SCC2c2ccccc2)cc1Cl. The minimum absolute atomic E-state index is 0.0493. The second-order valence-corrected chi connectivity index (χ2v) is 8.35. The normalized spacial score (nSPS) is 15.4. The zero-order chi connectivity index (χ0) is 21.1. The fourth-order valence-electron chi connectivity index (χ4n) is 3.51. The zero-order valence-electron chi connectivity index (χ0n) is 16.0. The molecule has 1 heterocycles. The molecule has 3 aromatic rings. The number of fused-ring (bicyclic) bond motifs is 1. The molecule has 1 unspecified atom stereocenters. The Morgan fingerprint density at radius 2 is 1.80 bits per heavy atom. The van der Waals surface area contributed by atoms with E-state index >= 15 is 0 Å². The molecule has 0 saturated heterocycles. The van der Waals surface area contributed by atoms with Gasteiger partial charge in [-0.15, -0.1) is 11.8 Å². The van der Waals surface area contributed by atoms with Crippen molar-refractivity contribution in [2.45, 2.75) is 10.9 Å². The van der Waals surface area contributed by atoms with Crippen molar-refractivity contribution in [3.63, 3.8) is 0 Å². The van der Waals surface area contributed by atoms with E-state index in [2.05, 4.69) is 17.4 Å². The van der Waals surface area contributed by atoms with Gasteiger partial charge in [0.25, 0.3) is 0 Å². The summed E-state index contributed by atoms with van der Waals surface area (Å²) < 4.78 is 0. The van der Waals surface area contributed by atoms with Crippen molar-refractivity contribution in [3.05, 3.63) is 88.9 Å². The first-order valence-electron chi connectivity index (χ1n) is 9.46. The van der Waals surface area contributed by atoms with Gasteiger partial charge in [-0.25, -0.2) is 0 Å². The lowest BCUT2D eigenvalue weighted by molar-refractivity contribution is -0.117. The summed E-state index contributed by atoms with van der Waals surface area (Å²) >= 11 is 7.88. The standard InChI is InChI=1S/C23H20ClN3O2S/c24-18-12-16(10-11-17(18)23(25)29)26-13-22(28)27-19-8-4-5-9-21(19)30-14-20(27)15-6-2-1-3-7-15/h1-12,20,26H,13-14H2,(H2,25,29). The molecule has 3 N–H and O–H groups in total.